The van der Waals surface area contributed by atoms with E-state index in [4.69, 9.17) is 10.5 Å². The monoisotopic (exact) mass is 264 g/mol. The molecule has 3 N–H and O–H groups in total. The average molecular weight is 264 g/mol. The molecule has 0 saturated carbocycles. The molecule has 0 aromatic heterocycles. The number of hydrogen-bond donors (Lipinski definition) is 2. The number of nitrogens with two attached hydrogens (primary N) is 1. The molecule has 0 aliphatic heterocycles. The van der Waals surface area contributed by atoms with Crippen LogP contribution in [-0.2, 0) is 20.7 Å². The van der Waals surface area contributed by atoms with Crippen molar-refractivity contribution >= 4 is 17.9 Å². The molecule has 3 amide bonds. The number of aryl methyl sites for hydroxylation is 1. The van der Waals surface area contributed by atoms with E-state index in [9.17, 15) is 14.4 Å². The molecule has 19 heavy (non-hydrogen) atoms. The van der Waals surface area contributed by atoms with E-state index in [0.717, 1.165) is 5.56 Å². The van der Waals surface area contributed by atoms with E-state index in [-0.39, 0.29) is 6.42 Å². The van der Waals surface area contributed by atoms with Crippen LogP contribution in [0.4, 0.5) is 4.79 Å². The Bertz CT molecular complexity index is 459. The molecule has 6 nitrogen and oxygen atoms in total. The third-order valence-corrected chi connectivity index (χ3v) is 2.38. The van der Waals surface area contributed by atoms with Gasteiger partial charge in [0, 0.05) is 6.42 Å². The number of imide groups is 1. The van der Waals surface area contributed by atoms with Crippen LogP contribution in [0.1, 0.15) is 18.9 Å². The van der Waals surface area contributed by atoms with Gasteiger partial charge in [-0.2, -0.15) is 0 Å². The Morgan fingerprint density at radius 3 is 2.47 bits per heavy atom. The van der Waals surface area contributed by atoms with Crippen LogP contribution in [0.3, 0.4) is 0 Å². The van der Waals surface area contributed by atoms with Crippen LogP contribution < -0.4 is 11.1 Å². The molecule has 0 saturated heterocycles. The summed E-state index contributed by atoms with van der Waals surface area (Å²) in [6, 6.07) is 8.47. The first-order valence-corrected chi connectivity index (χ1v) is 5.82. The summed E-state index contributed by atoms with van der Waals surface area (Å²) in [6.45, 7) is 1.37. The maximum atomic E-state index is 11.5. The van der Waals surface area contributed by atoms with Crippen molar-refractivity contribution in [1.29, 1.82) is 0 Å². The van der Waals surface area contributed by atoms with Gasteiger partial charge in [-0.25, -0.2) is 4.79 Å². The second-order valence-electron chi connectivity index (χ2n) is 3.97. The summed E-state index contributed by atoms with van der Waals surface area (Å²) in [7, 11) is 0. The normalized spacial score (nSPS) is 11.4. The number of rotatable bonds is 5. The first-order valence-electron chi connectivity index (χ1n) is 5.82. The fourth-order valence-electron chi connectivity index (χ4n) is 1.42. The number of carbonyl (C=O) groups excluding carboxylic acids is 3. The van der Waals surface area contributed by atoms with Crippen LogP contribution in [-0.4, -0.2) is 24.0 Å². The second-order valence-corrected chi connectivity index (χ2v) is 3.97. The second kappa shape index (κ2) is 7.15. The summed E-state index contributed by atoms with van der Waals surface area (Å²) in [5.41, 5.74) is 5.79. The van der Waals surface area contributed by atoms with Gasteiger partial charge in [0.15, 0.2) is 6.10 Å². The van der Waals surface area contributed by atoms with E-state index in [1.807, 2.05) is 35.6 Å². The summed E-state index contributed by atoms with van der Waals surface area (Å²) >= 11 is 0. The van der Waals surface area contributed by atoms with Crippen LogP contribution in [0.15, 0.2) is 30.3 Å². The van der Waals surface area contributed by atoms with Gasteiger partial charge in [-0.3, -0.25) is 14.9 Å². The average Bonchev–Trinajstić information content (AvgIpc) is 2.36. The lowest BCUT2D eigenvalue weighted by Gasteiger charge is -2.11. The van der Waals surface area contributed by atoms with Crippen LogP contribution in [0, 0.1) is 0 Å². The maximum absolute atomic E-state index is 11.5. The number of nitrogens with one attached hydrogen (secondary N) is 1. The van der Waals surface area contributed by atoms with Crippen LogP contribution in [0.2, 0.25) is 0 Å². The zero-order chi connectivity index (χ0) is 14.3. The fourth-order valence-corrected chi connectivity index (χ4v) is 1.42. The number of esters is 1. The molecule has 0 heterocycles. The highest BCUT2D eigenvalue weighted by Gasteiger charge is 2.18. The van der Waals surface area contributed by atoms with Crippen molar-refractivity contribution in [2.24, 2.45) is 5.73 Å². The van der Waals surface area contributed by atoms with Gasteiger partial charge >= 0.3 is 12.0 Å². The van der Waals surface area contributed by atoms with Crippen LogP contribution >= 0.6 is 0 Å². The fraction of sp³-hybridized carbons (Fsp3) is 0.308. The number of primary amides is 1. The van der Waals surface area contributed by atoms with E-state index < -0.39 is 24.0 Å². The van der Waals surface area contributed by atoms with E-state index in [2.05, 4.69) is 0 Å². The molecule has 102 valence electrons. The summed E-state index contributed by atoms with van der Waals surface area (Å²) < 4.78 is 4.88. The molecule has 0 aliphatic carbocycles. The van der Waals surface area contributed by atoms with Crippen molar-refractivity contribution in [3.8, 4) is 0 Å². The summed E-state index contributed by atoms with van der Waals surface area (Å²) in [5.74, 6) is -1.24. The van der Waals surface area contributed by atoms with Crippen molar-refractivity contribution < 1.29 is 19.1 Å². The molecule has 6 heteroatoms. The van der Waals surface area contributed by atoms with Gasteiger partial charge in [-0.05, 0) is 18.9 Å². The smallest absolute Gasteiger partial charge is 0.318 e. The highest BCUT2D eigenvalue weighted by atomic mass is 16.5. The number of ether oxygens (including phenoxy) is 1. The summed E-state index contributed by atoms with van der Waals surface area (Å²) in [4.78, 5) is 33.2. The molecule has 1 aromatic rings. The molecular weight excluding hydrogens is 248 g/mol. The van der Waals surface area contributed by atoms with Crippen molar-refractivity contribution in [3.05, 3.63) is 35.9 Å². The molecule has 0 bridgehead atoms. The van der Waals surface area contributed by atoms with Crippen molar-refractivity contribution in [3.63, 3.8) is 0 Å². The lowest BCUT2D eigenvalue weighted by molar-refractivity contribution is -0.154. The quantitative estimate of drug-likeness (QED) is 0.766. The van der Waals surface area contributed by atoms with Gasteiger partial charge in [0.05, 0.1) is 0 Å². The van der Waals surface area contributed by atoms with E-state index >= 15 is 0 Å². The van der Waals surface area contributed by atoms with E-state index in [0.29, 0.717) is 6.42 Å². The van der Waals surface area contributed by atoms with Crippen molar-refractivity contribution in [1.82, 2.24) is 5.32 Å². The molecular formula is C13H16N2O4. The number of urea groups is 1. The summed E-state index contributed by atoms with van der Waals surface area (Å²) in [6.07, 6.45) is -0.349. The number of carbonyl (C=O) groups is 3. The minimum Gasteiger partial charge on any atom is -0.453 e. The Kier molecular flexibility index (Phi) is 5.53. The molecule has 0 unspecified atom stereocenters. The maximum Gasteiger partial charge on any atom is 0.318 e. The highest BCUT2D eigenvalue weighted by Crippen LogP contribution is 2.04. The Hall–Kier alpha value is -2.37. The molecule has 1 aromatic carbocycles. The lowest BCUT2D eigenvalue weighted by atomic mass is 10.1. The molecule has 0 radical (unpaired) electrons. The first-order chi connectivity index (χ1) is 8.99. The molecule has 0 spiro atoms. The minimum atomic E-state index is -1.05. The molecule has 0 aliphatic rings. The highest BCUT2D eigenvalue weighted by molar-refractivity contribution is 5.96. The lowest BCUT2D eigenvalue weighted by Crippen LogP contribution is -2.42. The number of hydrogen-bond acceptors (Lipinski definition) is 4. The van der Waals surface area contributed by atoms with Crippen LogP contribution in [0.5, 0.6) is 0 Å². The zero-order valence-electron chi connectivity index (χ0n) is 10.6. The number of benzene rings is 1. The zero-order valence-corrected chi connectivity index (χ0v) is 10.6. The van der Waals surface area contributed by atoms with Gasteiger partial charge in [-0.1, -0.05) is 30.3 Å². The minimum absolute atomic E-state index is 0.165. The molecule has 1 atom stereocenters. The third kappa shape index (κ3) is 5.67. The Morgan fingerprint density at radius 2 is 1.89 bits per heavy atom. The largest absolute Gasteiger partial charge is 0.453 e. The van der Waals surface area contributed by atoms with Crippen LogP contribution in [0.25, 0.3) is 0 Å². The Labute approximate surface area is 110 Å². The van der Waals surface area contributed by atoms with Crippen molar-refractivity contribution in [2.45, 2.75) is 25.9 Å². The van der Waals surface area contributed by atoms with Gasteiger partial charge in [0.25, 0.3) is 5.91 Å². The van der Waals surface area contributed by atoms with Gasteiger partial charge in [0.1, 0.15) is 0 Å². The van der Waals surface area contributed by atoms with Gasteiger partial charge in [-0.15, -0.1) is 0 Å². The third-order valence-electron chi connectivity index (χ3n) is 2.38. The number of amides is 3. The standard InChI is InChI=1S/C13H16N2O4/c1-9(12(17)15-13(14)18)19-11(16)8-7-10-5-3-2-4-6-10/h2-6,9H,7-8H2,1H3,(H3,14,15,17,18)/t9-/m0/s1. The predicted octanol–water partition coefficient (Wildman–Crippen LogP) is 0.746. The Morgan fingerprint density at radius 1 is 1.26 bits per heavy atom. The summed E-state index contributed by atoms with van der Waals surface area (Å²) in [5, 5.41) is 1.84. The van der Waals surface area contributed by atoms with E-state index in [1.54, 1.807) is 0 Å². The topological polar surface area (TPSA) is 98.5 Å². The van der Waals surface area contributed by atoms with Gasteiger partial charge < -0.3 is 10.5 Å². The SMILES string of the molecule is C[C@H](OC(=O)CCc1ccccc1)C(=O)NC(N)=O. The molecule has 0 fully saturated rings. The first kappa shape index (κ1) is 14.7. The van der Waals surface area contributed by atoms with Crippen molar-refractivity contribution in [2.75, 3.05) is 0 Å². The molecule has 1 rings (SSSR count). The van der Waals surface area contributed by atoms with Gasteiger partial charge in [0.2, 0.25) is 0 Å². The van der Waals surface area contributed by atoms with E-state index in [1.165, 1.54) is 6.92 Å². The Balaban J connectivity index is 2.35. The predicted molar refractivity (Wildman–Crippen MR) is 68.0 cm³/mol.